The maximum atomic E-state index is 13.2. The zero-order valence-corrected chi connectivity index (χ0v) is 16.6. The zero-order chi connectivity index (χ0) is 20.0. The van der Waals surface area contributed by atoms with Crippen molar-refractivity contribution in [1.82, 2.24) is 4.90 Å². The van der Waals surface area contributed by atoms with E-state index in [4.69, 9.17) is 9.47 Å². The van der Waals surface area contributed by atoms with Crippen molar-refractivity contribution in [2.24, 2.45) is 0 Å². The summed E-state index contributed by atoms with van der Waals surface area (Å²) in [4.78, 5) is 16.0. The number of thiophene rings is 1. The summed E-state index contributed by atoms with van der Waals surface area (Å²) in [5.74, 6) is 1.34. The SMILES string of the molecule is Cc1cc2c(c3c1C(=O)/C(=C/c1cccs1)O3)CN(Cc1ccc(F)cc1)CO2. The number of fused-ring (bicyclic) bond motifs is 3. The molecule has 3 heterocycles. The third-order valence-corrected chi connectivity index (χ3v) is 5.94. The molecule has 1 aromatic heterocycles. The molecule has 0 bridgehead atoms. The quantitative estimate of drug-likeness (QED) is 0.562. The summed E-state index contributed by atoms with van der Waals surface area (Å²) in [6, 6.07) is 12.3. The number of nitrogens with zero attached hydrogens (tertiary/aromatic N) is 1. The van der Waals surface area contributed by atoms with Crippen LogP contribution in [0.2, 0.25) is 0 Å². The number of carbonyl (C=O) groups excluding carboxylic acids is 1. The van der Waals surface area contributed by atoms with E-state index in [-0.39, 0.29) is 11.6 Å². The summed E-state index contributed by atoms with van der Waals surface area (Å²) in [7, 11) is 0. The Kier molecular flexibility index (Phi) is 4.45. The van der Waals surface area contributed by atoms with Crippen LogP contribution >= 0.6 is 11.3 Å². The molecule has 0 aliphatic carbocycles. The van der Waals surface area contributed by atoms with Crippen molar-refractivity contribution < 1.29 is 18.7 Å². The molecule has 0 spiro atoms. The highest BCUT2D eigenvalue weighted by Crippen LogP contribution is 2.44. The van der Waals surface area contributed by atoms with Gasteiger partial charge in [0.05, 0.1) is 11.1 Å². The second kappa shape index (κ2) is 7.13. The van der Waals surface area contributed by atoms with Gasteiger partial charge in [0.15, 0.2) is 5.76 Å². The van der Waals surface area contributed by atoms with Gasteiger partial charge in [-0.2, -0.15) is 0 Å². The van der Waals surface area contributed by atoms with Gasteiger partial charge in [0, 0.05) is 24.0 Å². The molecule has 0 amide bonds. The molecule has 2 aliphatic heterocycles. The predicted molar refractivity (Wildman–Crippen MR) is 110 cm³/mol. The number of ether oxygens (including phenoxy) is 2. The first-order valence-electron chi connectivity index (χ1n) is 9.32. The lowest BCUT2D eigenvalue weighted by Gasteiger charge is -2.30. The third-order valence-electron chi connectivity index (χ3n) is 5.12. The minimum atomic E-state index is -0.251. The van der Waals surface area contributed by atoms with Crippen LogP contribution in [0.1, 0.15) is 31.9 Å². The van der Waals surface area contributed by atoms with Crippen LogP contribution in [-0.2, 0) is 13.1 Å². The second-order valence-electron chi connectivity index (χ2n) is 7.22. The molecular weight excluding hydrogens is 389 g/mol. The maximum absolute atomic E-state index is 13.2. The number of rotatable bonds is 3. The fourth-order valence-corrected chi connectivity index (χ4v) is 4.37. The van der Waals surface area contributed by atoms with Gasteiger partial charge in [-0.3, -0.25) is 9.69 Å². The van der Waals surface area contributed by atoms with E-state index in [0.717, 1.165) is 27.3 Å². The Morgan fingerprint density at radius 2 is 2.07 bits per heavy atom. The number of carbonyl (C=O) groups is 1. The van der Waals surface area contributed by atoms with Gasteiger partial charge in [-0.1, -0.05) is 18.2 Å². The van der Waals surface area contributed by atoms with Crippen molar-refractivity contribution in [2.45, 2.75) is 20.0 Å². The third kappa shape index (κ3) is 3.34. The van der Waals surface area contributed by atoms with Crippen molar-refractivity contribution in [3.63, 3.8) is 0 Å². The standard InChI is InChI=1S/C23H18FNO3S/c1-14-9-19-18(12-25(13-27-19)11-15-4-6-16(24)7-5-15)23-21(14)22(26)20(28-23)10-17-3-2-8-29-17/h2-10H,11-13H2,1H3/b20-10-. The van der Waals surface area contributed by atoms with Gasteiger partial charge in [-0.15, -0.1) is 11.3 Å². The highest BCUT2D eigenvalue weighted by atomic mass is 32.1. The van der Waals surface area contributed by atoms with E-state index in [1.807, 2.05) is 30.5 Å². The molecule has 2 aliphatic rings. The molecule has 2 aromatic carbocycles. The van der Waals surface area contributed by atoms with E-state index in [1.54, 1.807) is 29.5 Å². The first-order valence-corrected chi connectivity index (χ1v) is 10.2. The summed E-state index contributed by atoms with van der Waals surface area (Å²) in [6.45, 7) is 3.54. The van der Waals surface area contributed by atoms with Crippen LogP contribution in [0.3, 0.4) is 0 Å². The van der Waals surface area contributed by atoms with E-state index >= 15 is 0 Å². The minimum Gasteiger partial charge on any atom is -0.478 e. The van der Waals surface area contributed by atoms with Crippen LogP contribution in [0.5, 0.6) is 11.5 Å². The Balaban J connectivity index is 1.46. The summed E-state index contributed by atoms with van der Waals surface area (Å²) in [5.41, 5.74) is 3.34. The maximum Gasteiger partial charge on any atom is 0.232 e. The van der Waals surface area contributed by atoms with Crippen LogP contribution in [0, 0.1) is 12.7 Å². The number of hydrogen-bond donors (Lipinski definition) is 0. The fourth-order valence-electron chi connectivity index (χ4n) is 3.73. The monoisotopic (exact) mass is 407 g/mol. The molecule has 0 saturated carbocycles. The van der Waals surface area contributed by atoms with Crippen molar-refractivity contribution in [3.05, 3.63) is 86.6 Å². The molecule has 0 radical (unpaired) electrons. The van der Waals surface area contributed by atoms with Crippen LogP contribution in [0.15, 0.2) is 53.6 Å². The largest absolute Gasteiger partial charge is 0.478 e. The first kappa shape index (κ1) is 18.1. The smallest absolute Gasteiger partial charge is 0.232 e. The van der Waals surface area contributed by atoms with E-state index in [0.29, 0.717) is 36.9 Å². The van der Waals surface area contributed by atoms with Crippen LogP contribution < -0.4 is 9.47 Å². The lowest BCUT2D eigenvalue weighted by molar-refractivity contribution is 0.0872. The van der Waals surface area contributed by atoms with Gasteiger partial charge >= 0.3 is 0 Å². The first-order chi connectivity index (χ1) is 14.1. The number of ketones is 1. The van der Waals surface area contributed by atoms with Crippen molar-refractivity contribution >= 4 is 23.2 Å². The zero-order valence-electron chi connectivity index (χ0n) is 15.8. The molecule has 6 heteroatoms. The molecule has 4 nitrogen and oxygen atoms in total. The Hall–Kier alpha value is -2.96. The number of halogens is 1. The Morgan fingerprint density at radius 3 is 2.83 bits per heavy atom. The van der Waals surface area contributed by atoms with Crippen LogP contribution in [-0.4, -0.2) is 17.4 Å². The summed E-state index contributed by atoms with van der Waals surface area (Å²) in [6.07, 6.45) is 1.79. The lowest BCUT2D eigenvalue weighted by Crippen LogP contribution is -2.31. The molecule has 0 fully saturated rings. The molecule has 0 saturated heterocycles. The highest BCUT2D eigenvalue weighted by molar-refractivity contribution is 7.10. The van der Waals surface area contributed by atoms with E-state index < -0.39 is 0 Å². The number of Topliss-reactive ketones (excluding diaryl/α,β-unsaturated/α-hetero) is 1. The molecule has 5 rings (SSSR count). The summed E-state index contributed by atoms with van der Waals surface area (Å²) in [5, 5.41) is 1.97. The van der Waals surface area contributed by atoms with Crippen molar-refractivity contribution in [1.29, 1.82) is 0 Å². The molecule has 0 atom stereocenters. The van der Waals surface area contributed by atoms with Crippen molar-refractivity contribution in [3.8, 4) is 11.5 Å². The number of allylic oxidation sites excluding steroid dienone is 1. The average molecular weight is 407 g/mol. The summed E-state index contributed by atoms with van der Waals surface area (Å²) < 4.78 is 25.2. The van der Waals surface area contributed by atoms with Gasteiger partial charge in [0.25, 0.3) is 0 Å². The molecule has 146 valence electrons. The van der Waals surface area contributed by atoms with Gasteiger partial charge < -0.3 is 9.47 Å². The molecule has 3 aromatic rings. The second-order valence-corrected chi connectivity index (χ2v) is 8.20. The Morgan fingerprint density at radius 1 is 1.24 bits per heavy atom. The minimum absolute atomic E-state index is 0.0932. The number of hydrogen-bond acceptors (Lipinski definition) is 5. The normalized spacial score (nSPS) is 17.0. The van der Waals surface area contributed by atoms with Gasteiger partial charge in [0.2, 0.25) is 5.78 Å². The molecular formula is C23H18FNO3S. The van der Waals surface area contributed by atoms with Gasteiger partial charge in [0.1, 0.15) is 24.0 Å². The van der Waals surface area contributed by atoms with E-state index in [9.17, 15) is 9.18 Å². The van der Waals surface area contributed by atoms with E-state index in [1.165, 1.54) is 12.1 Å². The molecule has 0 N–H and O–H groups in total. The fraction of sp³-hybridized carbons (Fsp3) is 0.174. The van der Waals surface area contributed by atoms with E-state index in [2.05, 4.69) is 4.90 Å². The molecule has 29 heavy (non-hydrogen) atoms. The molecule has 0 unspecified atom stereocenters. The van der Waals surface area contributed by atoms with Gasteiger partial charge in [-0.25, -0.2) is 4.39 Å². The summed E-state index contributed by atoms with van der Waals surface area (Å²) >= 11 is 1.56. The van der Waals surface area contributed by atoms with Gasteiger partial charge in [-0.05, 0) is 47.7 Å². The number of benzene rings is 2. The van der Waals surface area contributed by atoms with Crippen molar-refractivity contribution in [2.75, 3.05) is 6.73 Å². The van der Waals surface area contributed by atoms with Crippen LogP contribution in [0.25, 0.3) is 6.08 Å². The Labute approximate surface area is 171 Å². The number of aryl methyl sites for hydroxylation is 1. The highest BCUT2D eigenvalue weighted by Gasteiger charge is 2.35. The predicted octanol–water partition coefficient (Wildman–Crippen LogP) is 5.16. The topological polar surface area (TPSA) is 38.8 Å². The van der Waals surface area contributed by atoms with Crippen LogP contribution in [0.4, 0.5) is 4.39 Å². The lowest BCUT2D eigenvalue weighted by atomic mass is 9.98. The Bertz CT molecular complexity index is 1120. The average Bonchev–Trinajstić information content (AvgIpc) is 3.33.